The second-order valence-corrected chi connectivity index (χ2v) is 12.9. The molecule has 0 radical (unpaired) electrons. The minimum Gasteiger partial charge on any atom is -0.462 e. The number of anilines is 2. The van der Waals surface area contributed by atoms with E-state index in [4.69, 9.17) is 26.3 Å². The van der Waals surface area contributed by atoms with Gasteiger partial charge in [0.1, 0.15) is 18.1 Å². The lowest BCUT2D eigenvalue weighted by Crippen LogP contribution is -2.56. The maximum Gasteiger partial charge on any atom is 0.318 e. The molecule has 2 fully saturated rings. The third kappa shape index (κ3) is 6.11. The third-order valence-corrected chi connectivity index (χ3v) is 9.98. The molecule has 4 aromatic rings. The standard InChI is InChI=1S/C35H38ClN9O2/c1-24(45-17-6-15-38-45)34(46)44-20-19-43(21-26(44)12-14-37)33-28-13-18-42(31-11-4-8-25-7-3-10-29(36)32(25)31)22-30(28)39-35(40-33)47-23-27-9-5-16-41(27)2/h3-4,6-8,10-11,15,17,26-27H,1,5,9,12-13,16,18-23H2,2H3/t26-,27-/m0/s1. The Morgan fingerprint density at radius 1 is 1.09 bits per heavy atom. The van der Waals surface area contributed by atoms with Gasteiger partial charge in [-0.15, -0.1) is 0 Å². The molecule has 5 heterocycles. The van der Waals surface area contributed by atoms with Crippen LogP contribution in [0.25, 0.3) is 16.5 Å². The van der Waals surface area contributed by atoms with Gasteiger partial charge in [-0.3, -0.25) is 4.79 Å². The molecule has 12 heteroatoms. The molecule has 0 aliphatic carbocycles. The number of halogens is 1. The number of carbonyl (C=O) groups excluding carboxylic acids is 1. The quantitative estimate of drug-likeness (QED) is 0.252. The van der Waals surface area contributed by atoms with Crippen molar-refractivity contribution in [2.75, 3.05) is 56.2 Å². The lowest BCUT2D eigenvalue weighted by Gasteiger charge is -2.42. The van der Waals surface area contributed by atoms with E-state index in [1.807, 2.05) is 12.1 Å². The fraction of sp³-hybridized carbons (Fsp3) is 0.400. The average molecular weight is 652 g/mol. The van der Waals surface area contributed by atoms with Crippen LogP contribution in [0.3, 0.4) is 0 Å². The molecule has 0 N–H and O–H groups in total. The number of hydrogen-bond donors (Lipinski definition) is 0. The second-order valence-electron chi connectivity index (χ2n) is 12.5. The first-order valence-corrected chi connectivity index (χ1v) is 16.6. The van der Waals surface area contributed by atoms with Crippen LogP contribution in [0.4, 0.5) is 11.5 Å². The summed E-state index contributed by atoms with van der Waals surface area (Å²) in [6, 6.07) is 16.7. The molecule has 2 atom stereocenters. The second kappa shape index (κ2) is 13.2. The molecule has 0 unspecified atom stereocenters. The number of nitriles is 1. The van der Waals surface area contributed by atoms with Gasteiger partial charge < -0.3 is 24.3 Å². The number of likely N-dealkylation sites (tertiary alicyclic amines) is 1. The van der Waals surface area contributed by atoms with Gasteiger partial charge in [-0.2, -0.15) is 20.3 Å². The fourth-order valence-electron chi connectivity index (χ4n) is 7.11. The lowest BCUT2D eigenvalue weighted by atomic mass is 10.0. The van der Waals surface area contributed by atoms with Gasteiger partial charge in [-0.1, -0.05) is 42.4 Å². The molecule has 3 aliphatic rings. The van der Waals surface area contributed by atoms with Gasteiger partial charge in [0.25, 0.3) is 5.91 Å². The van der Waals surface area contributed by atoms with E-state index in [-0.39, 0.29) is 24.1 Å². The minimum atomic E-state index is -0.339. The highest BCUT2D eigenvalue weighted by atomic mass is 35.5. The minimum absolute atomic E-state index is 0.189. The van der Waals surface area contributed by atoms with E-state index in [1.54, 1.807) is 23.4 Å². The molecule has 3 aliphatic heterocycles. The van der Waals surface area contributed by atoms with Crippen LogP contribution >= 0.6 is 11.6 Å². The molecule has 47 heavy (non-hydrogen) atoms. The number of rotatable bonds is 8. The van der Waals surface area contributed by atoms with Crippen molar-refractivity contribution in [1.82, 2.24) is 29.5 Å². The van der Waals surface area contributed by atoms with Crippen LogP contribution in [-0.4, -0.2) is 93.9 Å². The first kappa shape index (κ1) is 31.0. The van der Waals surface area contributed by atoms with E-state index in [9.17, 15) is 10.1 Å². The van der Waals surface area contributed by atoms with Crippen molar-refractivity contribution in [1.29, 1.82) is 5.26 Å². The average Bonchev–Trinajstić information content (AvgIpc) is 3.78. The van der Waals surface area contributed by atoms with Crippen LogP contribution in [0, 0.1) is 11.3 Å². The molecule has 2 aromatic heterocycles. The summed E-state index contributed by atoms with van der Waals surface area (Å²) in [7, 11) is 2.13. The zero-order valence-electron chi connectivity index (χ0n) is 26.6. The van der Waals surface area contributed by atoms with Gasteiger partial charge in [0.05, 0.1) is 35.8 Å². The Hall–Kier alpha value is -4.66. The van der Waals surface area contributed by atoms with Crippen molar-refractivity contribution in [3.63, 3.8) is 0 Å². The lowest BCUT2D eigenvalue weighted by molar-refractivity contribution is -0.128. The first-order chi connectivity index (χ1) is 22.9. The van der Waals surface area contributed by atoms with Crippen LogP contribution in [0.15, 0.2) is 61.4 Å². The van der Waals surface area contributed by atoms with Crippen LogP contribution < -0.4 is 14.5 Å². The summed E-state index contributed by atoms with van der Waals surface area (Å²) in [4.78, 5) is 32.1. The van der Waals surface area contributed by atoms with Crippen LogP contribution in [-0.2, 0) is 17.8 Å². The number of likely N-dealkylation sites (N-methyl/N-ethyl adjacent to an activating group) is 1. The first-order valence-electron chi connectivity index (χ1n) is 16.2. The maximum atomic E-state index is 13.5. The van der Waals surface area contributed by atoms with Gasteiger partial charge in [-0.25, -0.2) is 4.68 Å². The van der Waals surface area contributed by atoms with E-state index in [1.165, 1.54) is 4.68 Å². The SMILES string of the molecule is C=C(C(=O)N1CCN(c2nc(OC[C@@H]3CCCN3C)nc3c2CCN(c2cccc4cccc(Cl)c24)C3)C[C@@H]1CC#N)n1cccn1. The Kier molecular flexibility index (Phi) is 8.71. The number of hydrogen-bond acceptors (Lipinski definition) is 9. The van der Waals surface area contributed by atoms with E-state index < -0.39 is 0 Å². The van der Waals surface area contributed by atoms with Crippen molar-refractivity contribution in [2.45, 2.75) is 44.3 Å². The molecule has 2 aromatic carbocycles. The highest BCUT2D eigenvalue weighted by molar-refractivity contribution is 6.36. The number of carbonyl (C=O) groups is 1. The van der Waals surface area contributed by atoms with Crippen molar-refractivity contribution < 1.29 is 9.53 Å². The third-order valence-electron chi connectivity index (χ3n) is 9.67. The Bertz CT molecular complexity index is 1830. The van der Waals surface area contributed by atoms with E-state index in [0.717, 1.165) is 70.9 Å². The number of ether oxygens (including phenoxy) is 1. The summed E-state index contributed by atoms with van der Waals surface area (Å²) < 4.78 is 7.80. The number of benzene rings is 2. The molecule has 1 amide bonds. The van der Waals surface area contributed by atoms with Crippen molar-refractivity contribution in [3.05, 3.63) is 77.7 Å². The van der Waals surface area contributed by atoms with E-state index in [0.29, 0.717) is 44.8 Å². The highest BCUT2D eigenvalue weighted by Gasteiger charge is 2.35. The summed E-state index contributed by atoms with van der Waals surface area (Å²) in [5, 5.41) is 16.8. The number of piperazine rings is 1. The Labute approximate surface area is 279 Å². The number of nitrogens with zero attached hydrogens (tertiary/aromatic N) is 9. The van der Waals surface area contributed by atoms with Gasteiger partial charge in [-0.05, 0) is 56.4 Å². The molecule has 242 valence electrons. The van der Waals surface area contributed by atoms with Gasteiger partial charge in [0, 0.05) is 61.3 Å². The van der Waals surface area contributed by atoms with Crippen molar-refractivity contribution in [3.8, 4) is 12.1 Å². The molecule has 2 saturated heterocycles. The summed E-state index contributed by atoms with van der Waals surface area (Å²) >= 11 is 6.73. The maximum absolute atomic E-state index is 13.5. The normalized spacial score (nSPS) is 19.9. The predicted molar refractivity (Wildman–Crippen MR) is 182 cm³/mol. The van der Waals surface area contributed by atoms with Crippen LogP contribution in [0.2, 0.25) is 5.02 Å². The smallest absolute Gasteiger partial charge is 0.318 e. The molecule has 0 spiro atoms. The summed E-state index contributed by atoms with van der Waals surface area (Å²) in [6.45, 7) is 8.35. The Balaban J connectivity index is 1.20. The Morgan fingerprint density at radius 3 is 2.70 bits per heavy atom. The molecule has 11 nitrogen and oxygen atoms in total. The largest absolute Gasteiger partial charge is 0.462 e. The van der Waals surface area contributed by atoms with Gasteiger partial charge >= 0.3 is 6.01 Å². The highest BCUT2D eigenvalue weighted by Crippen LogP contribution is 2.37. The molecular formula is C35H38ClN9O2. The number of aromatic nitrogens is 4. The molecular weight excluding hydrogens is 614 g/mol. The zero-order chi connectivity index (χ0) is 32.5. The summed E-state index contributed by atoms with van der Waals surface area (Å²) in [5.41, 5.74) is 3.33. The number of amides is 1. The van der Waals surface area contributed by atoms with Gasteiger partial charge in [0.2, 0.25) is 0 Å². The summed E-state index contributed by atoms with van der Waals surface area (Å²) in [5.74, 6) is 0.591. The predicted octanol–water partition coefficient (Wildman–Crippen LogP) is 4.62. The molecule has 0 saturated carbocycles. The summed E-state index contributed by atoms with van der Waals surface area (Å²) in [6.07, 6.45) is 6.47. The topological polar surface area (TPSA) is 107 Å². The van der Waals surface area contributed by atoms with Crippen LogP contribution in [0.5, 0.6) is 6.01 Å². The Morgan fingerprint density at radius 2 is 1.94 bits per heavy atom. The fourth-order valence-corrected chi connectivity index (χ4v) is 7.39. The van der Waals surface area contributed by atoms with Crippen LogP contribution in [0.1, 0.15) is 30.5 Å². The van der Waals surface area contributed by atoms with E-state index >= 15 is 0 Å². The van der Waals surface area contributed by atoms with Crippen molar-refractivity contribution in [2.24, 2.45) is 0 Å². The van der Waals surface area contributed by atoms with Gasteiger partial charge in [0.15, 0.2) is 0 Å². The molecule has 7 rings (SSSR count). The molecule has 0 bridgehead atoms. The number of fused-ring (bicyclic) bond motifs is 2. The zero-order valence-corrected chi connectivity index (χ0v) is 27.3. The monoisotopic (exact) mass is 651 g/mol. The van der Waals surface area contributed by atoms with Crippen molar-refractivity contribution >= 4 is 45.5 Å². The van der Waals surface area contributed by atoms with E-state index in [2.05, 4.69) is 63.8 Å².